The van der Waals surface area contributed by atoms with Gasteiger partial charge in [-0.1, -0.05) is 18.2 Å². The molecule has 20 heavy (non-hydrogen) atoms. The second-order valence-electron chi connectivity index (χ2n) is 5.21. The summed E-state index contributed by atoms with van der Waals surface area (Å²) in [6.45, 7) is 1.62. The topological polar surface area (TPSA) is 48.1 Å². The molecule has 0 aromatic carbocycles. The van der Waals surface area contributed by atoms with Crippen LogP contribution in [0.15, 0.2) is 24.3 Å². The minimum absolute atomic E-state index is 0.0289. The number of carbonyl (C=O) groups excluding carboxylic acids is 1. The van der Waals surface area contributed by atoms with Gasteiger partial charge in [0.1, 0.15) is 12.4 Å². The maximum absolute atomic E-state index is 10.1. The molecule has 0 aromatic heterocycles. The van der Waals surface area contributed by atoms with Crippen LogP contribution in [0.5, 0.6) is 0 Å². The number of allylic oxidation sites excluding steroid dienone is 3. The highest BCUT2D eigenvalue weighted by Gasteiger charge is 2.35. The molecule has 0 aromatic rings. The van der Waals surface area contributed by atoms with E-state index < -0.39 is 0 Å². The van der Waals surface area contributed by atoms with Crippen molar-refractivity contribution in [2.45, 2.75) is 57.0 Å². The second kappa shape index (κ2) is 9.06. The molecule has 0 N–H and O–H groups in total. The zero-order valence-corrected chi connectivity index (χ0v) is 11.9. The summed E-state index contributed by atoms with van der Waals surface area (Å²) in [4.78, 5) is 10.1. The quantitative estimate of drug-likeness (QED) is 0.214. The molecule has 2 aliphatic heterocycles. The number of hydrogen-bond donors (Lipinski definition) is 0. The average Bonchev–Trinajstić information content (AvgIpc) is 3.23. The van der Waals surface area contributed by atoms with E-state index in [1.807, 2.05) is 12.2 Å². The van der Waals surface area contributed by atoms with E-state index in [4.69, 9.17) is 14.2 Å². The largest absolute Gasteiger partial charge is 0.365 e. The van der Waals surface area contributed by atoms with Crippen LogP contribution in [0.4, 0.5) is 0 Å². The molecule has 0 aliphatic carbocycles. The van der Waals surface area contributed by atoms with E-state index in [9.17, 15) is 4.79 Å². The summed E-state index contributed by atoms with van der Waals surface area (Å²) in [6.07, 6.45) is 15.1. The molecule has 112 valence electrons. The lowest BCUT2D eigenvalue weighted by atomic mass is 10.1. The van der Waals surface area contributed by atoms with Gasteiger partial charge in [-0.05, 0) is 44.6 Å². The van der Waals surface area contributed by atoms with Gasteiger partial charge in [-0.25, -0.2) is 0 Å². The van der Waals surface area contributed by atoms with Crippen molar-refractivity contribution in [3.8, 4) is 0 Å². The van der Waals surface area contributed by atoms with Crippen LogP contribution in [0, 0.1) is 0 Å². The number of aldehydes is 1. The number of unbranched alkanes of at least 4 members (excludes halogenated alkanes) is 1. The van der Waals surface area contributed by atoms with Crippen LogP contribution in [0.3, 0.4) is 0 Å². The van der Waals surface area contributed by atoms with Crippen molar-refractivity contribution < 1.29 is 19.0 Å². The summed E-state index contributed by atoms with van der Waals surface area (Å²) in [5.74, 6) is 0. The highest BCUT2D eigenvalue weighted by Crippen LogP contribution is 2.28. The summed E-state index contributed by atoms with van der Waals surface area (Å²) in [5.41, 5.74) is 0. The number of ether oxygens (including phenoxy) is 3. The van der Waals surface area contributed by atoms with E-state index in [0.29, 0.717) is 6.10 Å². The van der Waals surface area contributed by atoms with Crippen LogP contribution < -0.4 is 0 Å². The first-order valence-corrected chi connectivity index (χ1v) is 7.57. The molecule has 0 bridgehead atoms. The predicted molar refractivity (Wildman–Crippen MR) is 76.4 cm³/mol. The number of carbonyl (C=O) groups is 1. The molecule has 4 nitrogen and oxygen atoms in total. The van der Waals surface area contributed by atoms with Crippen molar-refractivity contribution in [3.05, 3.63) is 24.3 Å². The van der Waals surface area contributed by atoms with Crippen LogP contribution in [-0.4, -0.2) is 38.0 Å². The third-order valence-corrected chi connectivity index (χ3v) is 3.55. The Morgan fingerprint density at radius 2 is 2.10 bits per heavy atom. The first-order valence-electron chi connectivity index (χ1n) is 7.57. The van der Waals surface area contributed by atoms with Crippen molar-refractivity contribution in [1.29, 1.82) is 0 Å². The Hall–Kier alpha value is -0.970. The number of epoxide rings is 1. The van der Waals surface area contributed by atoms with E-state index in [-0.39, 0.29) is 12.4 Å². The van der Waals surface area contributed by atoms with E-state index in [1.54, 1.807) is 6.08 Å². The van der Waals surface area contributed by atoms with E-state index in [1.165, 1.54) is 12.5 Å². The van der Waals surface area contributed by atoms with Gasteiger partial charge in [-0.3, -0.25) is 4.79 Å². The van der Waals surface area contributed by atoms with Crippen molar-refractivity contribution in [3.63, 3.8) is 0 Å². The van der Waals surface area contributed by atoms with Crippen LogP contribution in [0.1, 0.15) is 38.5 Å². The van der Waals surface area contributed by atoms with Gasteiger partial charge in [-0.15, -0.1) is 0 Å². The fraction of sp³-hybridized carbons (Fsp3) is 0.688. The Kier molecular flexibility index (Phi) is 6.98. The van der Waals surface area contributed by atoms with Gasteiger partial charge in [0.2, 0.25) is 0 Å². The minimum Gasteiger partial charge on any atom is -0.365 e. The molecule has 0 radical (unpaired) electrons. The lowest BCUT2D eigenvalue weighted by Gasteiger charge is -2.22. The van der Waals surface area contributed by atoms with Gasteiger partial charge in [0, 0.05) is 13.2 Å². The maximum Gasteiger partial charge on any atom is 0.157 e. The molecule has 3 unspecified atom stereocenters. The molecule has 2 rings (SSSR count). The smallest absolute Gasteiger partial charge is 0.157 e. The molecule has 3 atom stereocenters. The zero-order chi connectivity index (χ0) is 14.0. The number of rotatable bonds is 9. The summed E-state index contributed by atoms with van der Waals surface area (Å²) in [6, 6.07) is 0. The van der Waals surface area contributed by atoms with Crippen LogP contribution in [0.2, 0.25) is 0 Å². The summed E-state index contributed by atoms with van der Waals surface area (Å²) >= 11 is 0. The SMILES string of the molecule is O=C/C=C/C=CC1OC1CCCCOC1CCCCO1. The van der Waals surface area contributed by atoms with Crippen molar-refractivity contribution in [2.75, 3.05) is 13.2 Å². The number of hydrogen-bond acceptors (Lipinski definition) is 4. The molecule has 4 heteroatoms. The Labute approximate surface area is 120 Å². The average molecular weight is 280 g/mol. The third-order valence-electron chi connectivity index (χ3n) is 3.55. The molecule has 0 saturated carbocycles. The van der Waals surface area contributed by atoms with Crippen molar-refractivity contribution >= 4 is 6.29 Å². The maximum atomic E-state index is 10.1. The van der Waals surface area contributed by atoms with E-state index in [0.717, 1.165) is 51.6 Å². The standard InChI is InChI=1S/C16H24O4/c17-11-5-1-2-8-14-15(20-14)9-3-6-12-18-16-10-4-7-13-19-16/h1-2,5,8,11,14-16H,3-4,6-7,9-10,12-13H2/b5-1+,8-2?. The van der Waals surface area contributed by atoms with Crippen LogP contribution >= 0.6 is 0 Å². The molecule has 2 fully saturated rings. The predicted octanol–water partition coefficient (Wildman–Crippen LogP) is 2.78. The molecule has 2 saturated heterocycles. The Balaban J connectivity index is 1.43. The lowest BCUT2D eigenvalue weighted by molar-refractivity contribution is -0.162. The monoisotopic (exact) mass is 280 g/mol. The van der Waals surface area contributed by atoms with Crippen LogP contribution in [0.25, 0.3) is 0 Å². The summed E-state index contributed by atoms with van der Waals surface area (Å²) in [5, 5.41) is 0. The van der Waals surface area contributed by atoms with Gasteiger partial charge in [0.25, 0.3) is 0 Å². The molecule has 0 amide bonds. The highest BCUT2D eigenvalue weighted by atomic mass is 16.7. The first kappa shape index (κ1) is 15.4. The van der Waals surface area contributed by atoms with Crippen LogP contribution in [-0.2, 0) is 19.0 Å². The molecular formula is C16H24O4. The Morgan fingerprint density at radius 1 is 1.15 bits per heavy atom. The lowest BCUT2D eigenvalue weighted by Crippen LogP contribution is -2.22. The van der Waals surface area contributed by atoms with E-state index >= 15 is 0 Å². The van der Waals surface area contributed by atoms with Gasteiger partial charge in [0.05, 0.1) is 6.10 Å². The third kappa shape index (κ3) is 5.99. The second-order valence-corrected chi connectivity index (χ2v) is 5.21. The van der Waals surface area contributed by atoms with Gasteiger partial charge in [0.15, 0.2) is 6.29 Å². The summed E-state index contributed by atoms with van der Waals surface area (Å²) in [7, 11) is 0. The molecule has 2 heterocycles. The first-order chi connectivity index (χ1) is 9.90. The van der Waals surface area contributed by atoms with Crippen molar-refractivity contribution in [2.24, 2.45) is 0 Å². The zero-order valence-electron chi connectivity index (χ0n) is 11.9. The molecule has 2 aliphatic rings. The highest BCUT2D eigenvalue weighted by molar-refractivity contribution is 5.65. The Morgan fingerprint density at radius 3 is 2.90 bits per heavy atom. The van der Waals surface area contributed by atoms with E-state index in [2.05, 4.69) is 0 Å². The van der Waals surface area contributed by atoms with Gasteiger partial charge < -0.3 is 14.2 Å². The molecular weight excluding hydrogens is 256 g/mol. The molecule has 0 spiro atoms. The summed E-state index contributed by atoms with van der Waals surface area (Å²) < 4.78 is 16.7. The Bertz CT molecular complexity index is 331. The fourth-order valence-electron chi connectivity index (χ4n) is 2.35. The van der Waals surface area contributed by atoms with Crippen molar-refractivity contribution in [1.82, 2.24) is 0 Å². The van der Waals surface area contributed by atoms with Gasteiger partial charge >= 0.3 is 0 Å². The minimum atomic E-state index is 0.0289. The van der Waals surface area contributed by atoms with Gasteiger partial charge in [-0.2, -0.15) is 0 Å². The normalized spacial score (nSPS) is 30.1. The fourth-order valence-corrected chi connectivity index (χ4v) is 2.35.